The van der Waals surface area contributed by atoms with Crippen molar-refractivity contribution in [3.8, 4) is 5.75 Å². The van der Waals surface area contributed by atoms with Crippen molar-refractivity contribution < 1.29 is 19.6 Å². The predicted octanol–water partition coefficient (Wildman–Crippen LogP) is 2.55. The maximum atomic E-state index is 12.5. The number of ether oxygens (including phenoxy) is 1. The van der Waals surface area contributed by atoms with Crippen LogP contribution >= 0.6 is 0 Å². The lowest BCUT2D eigenvalue weighted by molar-refractivity contribution is -0.692. The Labute approximate surface area is 160 Å². The van der Waals surface area contributed by atoms with Crippen LogP contribution in [0.4, 0.5) is 11.4 Å². The molecule has 0 saturated heterocycles. The third-order valence-electron chi connectivity index (χ3n) is 4.25. The van der Waals surface area contributed by atoms with Crippen LogP contribution in [0.1, 0.15) is 32.4 Å². The number of carbonyl (C=O) groups excluding carboxylic acids is 2. The van der Waals surface area contributed by atoms with E-state index in [1.165, 1.54) is 12.5 Å². The predicted molar refractivity (Wildman–Crippen MR) is 107 cm³/mol. The zero-order valence-electron chi connectivity index (χ0n) is 16.3. The van der Waals surface area contributed by atoms with Crippen LogP contribution < -0.4 is 20.7 Å². The summed E-state index contributed by atoms with van der Waals surface area (Å²) in [5.74, 6) is 0.627. The number of benzene rings is 2. The molecule has 0 heterocycles. The molecule has 27 heavy (non-hydrogen) atoms. The zero-order chi connectivity index (χ0) is 19.8. The summed E-state index contributed by atoms with van der Waals surface area (Å²) in [6, 6.07) is 15.5. The largest absolute Gasteiger partial charge is 0.495 e. The summed E-state index contributed by atoms with van der Waals surface area (Å²) in [5.41, 5.74) is 2.33. The number of nitrogens with two attached hydrogens (primary N) is 1. The first-order valence-corrected chi connectivity index (χ1v) is 9.04. The highest BCUT2D eigenvalue weighted by Gasteiger charge is 2.20. The number of carbonyl (C=O) groups is 2. The molecule has 4 N–H and O–H groups in total. The van der Waals surface area contributed by atoms with Crippen molar-refractivity contribution >= 4 is 23.2 Å². The van der Waals surface area contributed by atoms with Crippen LogP contribution in [0.25, 0.3) is 0 Å². The lowest BCUT2D eigenvalue weighted by Crippen LogP contribution is -2.88. The monoisotopic (exact) mass is 370 g/mol. The van der Waals surface area contributed by atoms with Gasteiger partial charge in [-0.15, -0.1) is 0 Å². The molecule has 0 radical (unpaired) electrons. The maximum absolute atomic E-state index is 12.5. The highest BCUT2D eigenvalue weighted by atomic mass is 16.5. The molecule has 0 fully saturated rings. The van der Waals surface area contributed by atoms with Crippen molar-refractivity contribution in [2.75, 3.05) is 24.3 Å². The van der Waals surface area contributed by atoms with Gasteiger partial charge >= 0.3 is 0 Å². The molecule has 0 aliphatic rings. The first-order valence-electron chi connectivity index (χ1n) is 9.04. The lowest BCUT2D eigenvalue weighted by Gasteiger charge is -2.19. The van der Waals surface area contributed by atoms with E-state index < -0.39 is 0 Å². The van der Waals surface area contributed by atoms with E-state index in [2.05, 4.69) is 36.6 Å². The van der Waals surface area contributed by atoms with Gasteiger partial charge in [-0.3, -0.25) is 9.59 Å². The zero-order valence-corrected chi connectivity index (χ0v) is 16.3. The van der Waals surface area contributed by atoms with Gasteiger partial charge in [-0.2, -0.15) is 0 Å². The molecule has 2 rings (SSSR count). The molecule has 0 aliphatic carbocycles. The molecule has 2 aromatic rings. The number of anilines is 2. The summed E-state index contributed by atoms with van der Waals surface area (Å²) in [4.78, 5) is 23.7. The Morgan fingerprint density at radius 1 is 1.07 bits per heavy atom. The normalized spacial score (nSPS) is 11.7. The standard InChI is InChI=1S/C21H27N3O3/c1-14(2)21(16-8-6-5-7-9-16)22-13-20(26)24-18-12-17(23-15(3)25)10-11-19(18)27-4/h5-12,14,21-22H,13H2,1-4H3,(H,23,25)(H,24,26)/p+1/t21-/m0/s1. The summed E-state index contributed by atoms with van der Waals surface area (Å²) in [7, 11) is 1.54. The minimum Gasteiger partial charge on any atom is -0.495 e. The van der Waals surface area contributed by atoms with Crippen LogP contribution in [-0.4, -0.2) is 25.5 Å². The van der Waals surface area contributed by atoms with Crippen molar-refractivity contribution in [1.29, 1.82) is 0 Å². The van der Waals surface area contributed by atoms with Gasteiger partial charge in [0.25, 0.3) is 5.91 Å². The third-order valence-corrected chi connectivity index (χ3v) is 4.25. The smallest absolute Gasteiger partial charge is 0.279 e. The van der Waals surface area contributed by atoms with Gasteiger partial charge in [-0.05, 0) is 18.2 Å². The Morgan fingerprint density at radius 2 is 1.78 bits per heavy atom. The Bertz CT molecular complexity index is 775. The molecule has 0 aromatic heterocycles. The summed E-state index contributed by atoms with van der Waals surface area (Å²) < 4.78 is 5.30. The van der Waals surface area contributed by atoms with Crippen LogP contribution in [0.3, 0.4) is 0 Å². The van der Waals surface area contributed by atoms with Gasteiger partial charge < -0.3 is 20.7 Å². The molecule has 1 atom stereocenters. The Morgan fingerprint density at radius 3 is 2.37 bits per heavy atom. The fourth-order valence-electron chi connectivity index (χ4n) is 2.99. The summed E-state index contributed by atoms with van der Waals surface area (Å²) in [5, 5.41) is 7.62. The lowest BCUT2D eigenvalue weighted by atomic mass is 9.96. The average Bonchev–Trinajstić information content (AvgIpc) is 2.62. The number of nitrogens with one attached hydrogen (secondary N) is 2. The molecule has 0 unspecified atom stereocenters. The highest BCUT2D eigenvalue weighted by molar-refractivity contribution is 5.95. The molecule has 0 aliphatic heterocycles. The molecule has 2 aromatic carbocycles. The van der Waals surface area contributed by atoms with Crippen molar-refractivity contribution in [1.82, 2.24) is 0 Å². The number of methoxy groups -OCH3 is 1. The Balaban J connectivity index is 2.05. The number of hydrogen-bond donors (Lipinski definition) is 3. The molecule has 6 heteroatoms. The summed E-state index contributed by atoms with van der Waals surface area (Å²) >= 11 is 0. The van der Waals surface area contributed by atoms with Gasteiger partial charge in [0, 0.05) is 24.1 Å². The van der Waals surface area contributed by atoms with Crippen LogP contribution in [-0.2, 0) is 9.59 Å². The van der Waals surface area contributed by atoms with Gasteiger partial charge in [0.1, 0.15) is 11.8 Å². The number of rotatable bonds is 8. The molecular formula is C21H28N3O3+. The van der Waals surface area contributed by atoms with Crippen molar-refractivity contribution in [3.63, 3.8) is 0 Å². The van der Waals surface area contributed by atoms with Gasteiger partial charge in [-0.1, -0.05) is 44.2 Å². The molecule has 0 bridgehead atoms. The minimum absolute atomic E-state index is 0.130. The van der Waals surface area contributed by atoms with E-state index in [4.69, 9.17) is 4.74 Å². The number of hydrogen-bond acceptors (Lipinski definition) is 3. The molecule has 0 saturated carbocycles. The van der Waals surface area contributed by atoms with Gasteiger partial charge in [0.05, 0.1) is 12.8 Å². The quantitative estimate of drug-likeness (QED) is 0.668. The van der Waals surface area contributed by atoms with Crippen LogP contribution in [0, 0.1) is 5.92 Å². The highest BCUT2D eigenvalue weighted by Crippen LogP contribution is 2.27. The first kappa shape index (κ1) is 20.5. The van der Waals surface area contributed by atoms with Crippen molar-refractivity contribution in [2.45, 2.75) is 26.8 Å². The van der Waals surface area contributed by atoms with E-state index in [1.807, 2.05) is 23.5 Å². The second-order valence-electron chi connectivity index (χ2n) is 6.76. The fourth-order valence-corrected chi connectivity index (χ4v) is 2.99. The Hall–Kier alpha value is -2.86. The average molecular weight is 370 g/mol. The van der Waals surface area contributed by atoms with Crippen LogP contribution in [0.15, 0.2) is 48.5 Å². The number of quaternary nitrogens is 1. The first-order chi connectivity index (χ1) is 12.9. The molecule has 0 spiro atoms. The van der Waals surface area contributed by atoms with E-state index in [0.717, 1.165) is 0 Å². The maximum Gasteiger partial charge on any atom is 0.279 e. The van der Waals surface area contributed by atoms with Gasteiger partial charge in [0.15, 0.2) is 6.54 Å². The van der Waals surface area contributed by atoms with Crippen LogP contribution in [0.2, 0.25) is 0 Å². The topological polar surface area (TPSA) is 84.0 Å². The molecule has 6 nitrogen and oxygen atoms in total. The van der Waals surface area contributed by atoms with E-state index in [0.29, 0.717) is 23.0 Å². The Kier molecular flexibility index (Phi) is 7.37. The number of amides is 2. The van der Waals surface area contributed by atoms with E-state index in [1.54, 1.807) is 25.3 Å². The molecular weight excluding hydrogens is 342 g/mol. The van der Waals surface area contributed by atoms with E-state index in [-0.39, 0.29) is 24.4 Å². The second-order valence-corrected chi connectivity index (χ2v) is 6.76. The summed E-state index contributed by atoms with van der Waals surface area (Å²) in [6.07, 6.45) is 0. The van der Waals surface area contributed by atoms with Gasteiger partial charge in [0.2, 0.25) is 5.91 Å². The minimum atomic E-state index is -0.173. The van der Waals surface area contributed by atoms with Crippen molar-refractivity contribution in [2.24, 2.45) is 5.92 Å². The van der Waals surface area contributed by atoms with E-state index >= 15 is 0 Å². The summed E-state index contributed by atoms with van der Waals surface area (Å²) in [6.45, 7) is 6.01. The fraction of sp³-hybridized carbons (Fsp3) is 0.333. The van der Waals surface area contributed by atoms with Gasteiger partial charge in [-0.25, -0.2) is 0 Å². The van der Waals surface area contributed by atoms with Crippen LogP contribution in [0.5, 0.6) is 5.75 Å². The molecule has 2 amide bonds. The third kappa shape index (κ3) is 6.11. The van der Waals surface area contributed by atoms with E-state index in [9.17, 15) is 9.59 Å². The van der Waals surface area contributed by atoms with Crippen molar-refractivity contribution in [3.05, 3.63) is 54.1 Å². The SMILES string of the molecule is COc1ccc(NC(C)=O)cc1NC(=O)C[NH2+][C@H](c1ccccc1)C(C)C. The molecule has 144 valence electrons. The second kappa shape index (κ2) is 9.73.